The molecular weight excluding hydrogens is 278 g/mol. The van der Waals surface area contributed by atoms with E-state index in [0.29, 0.717) is 16.8 Å². The Bertz CT molecular complexity index is 868. The summed E-state index contributed by atoms with van der Waals surface area (Å²) < 4.78 is 0. The van der Waals surface area contributed by atoms with Crippen LogP contribution in [0.15, 0.2) is 71.5 Å². The SMILES string of the molecule is O=C(O)c1c(-c2ccccc2)cc(-c2ccccc2)[nH]c1=O. The average Bonchev–Trinajstić information content (AvgIpc) is 2.55. The molecule has 0 unspecified atom stereocenters. The highest BCUT2D eigenvalue weighted by atomic mass is 16.4. The van der Waals surface area contributed by atoms with Crippen LogP contribution in [0.4, 0.5) is 0 Å². The van der Waals surface area contributed by atoms with Crippen LogP contribution in [0.25, 0.3) is 22.4 Å². The number of carbonyl (C=O) groups is 1. The fourth-order valence-electron chi connectivity index (χ4n) is 2.39. The number of carboxylic acid groups (broad SMARTS) is 1. The van der Waals surface area contributed by atoms with Crippen molar-refractivity contribution in [2.45, 2.75) is 0 Å². The average molecular weight is 291 g/mol. The highest BCUT2D eigenvalue weighted by molar-refractivity contribution is 5.96. The number of hydrogen-bond acceptors (Lipinski definition) is 2. The van der Waals surface area contributed by atoms with Crippen molar-refractivity contribution in [2.24, 2.45) is 0 Å². The third-order valence-corrected chi connectivity index (χ3v) is 3.42. The summed E-state index contributed by atoms with van der Waals surface area (Å²) in [6, 6.07) is 20.1. The summed E-state index contributed by atoms with van der Waals surface area (Å²) in [7, 11) is 0. The van der Waals surface area contributed by atoms with Gasteiger partial charge in [-0.3, -0.25) is 4.79 Å². The Balaban J connectivity index is 2.29. The zero-order valence-electron chi connectivity index (χ0n) is 11.6. The molecule has 0 atom stereocenters. The van der Waals surface area contributed by atoms with Crippen molar-refractivity contribution in [1.82, 2.24) is 4.98 Å². The normalized spacial score (nSPS) is 10.4. The lowest BCUT2D eigenvalue weighted by Gasteiger charge is -2.09. The summed E-state index contributed by atoms with van der Waals surface area (Å²) in [4.78, 5) is 26.3. The van der Waals surface area contributed by atoms with Crippen molar-refractivity contribution in [2.75, 3.05) is 0 Å². The van der Waals surface area contributed by atoms with E-state index in [2.05, 4.69) is 4.98 Å². The minimum Gasteiger partial charge on any atom is -0.477 e. The maximum Gasteiger partial charge on any atom is 0.341 e. The molecule has 0 radical (unpaired) electrons. The molecule has 0 spiro atoms. The summed E-state index contributed by atoms with van der Waals surface area (Å²) in [5, 5.41) is 9.35. The van der Waals surface area contributed by atoms with Crippen LogP contribution in [-0.2, 0) is 0 Å². The van der Waals surface area contributed by atoms with Crippen molar-refractivity contribution in [1.29, 1.82) is 0 Å². The van der Waals surface area contributed by atoms with Crippen LogP contribution < -0.4 is 5.56 Å². The first-order valence-corrected chi connectivity index (χ1v) is 6.78. The summed E-state index contributed by atoms with van der Waals surface area (Å²) in [5.41, 5.74) is 1.68. The molecule has 0 saturated heterocycles. The van der Waals surface area contributed by atoms with E-state index in [1.165, 1.54) is 0 Å². The minimum atomic E-state index is -1.24. The highest BCUT2D eigenvalue weighted by Gasteiger charge is 2.18. The molecule has 1 heterocycles. The monoisotopic (exact) mass is 291 g/mol. The van der Waals surface area contributed by atoms with Crippen LogP contribution in [-0.4, -0.2) is 16.1 Å². The molecule has 0 saturated carbocycles. The molecule has 0 aliphatic heterocycles. The van der Waals surface area contributed by atoms with Gasteiger partial charge in [-0.05, 0) is 17.2 Å². The second-order valence-electron chi connectivity index (χ2n) is 4.84. The number of aromatic carboxylic acids is 1. The van der Waals surface area contributed by atoms with E-state index in [9.17, 15) is 14.7 Å². The number of H-pyrrole nitrogens is 1. The van der Waals surface area contributed by atoms with Gasteiger partial charge < -0.3 is 10.1 Å². The molecule has 4 heteroatoms. The first-order valence-electron chi connectivity index (χ1n) is 6.78. The van der Waals surface area contributed by atoms with Crippen LogP contribution in [0.5, 0.6) is 0 Å². The van der Waals surface area contributed by atoms with Crippen molar-refractivity contribution in [3.05, 3.63) is 82.6 Å². The van der Waals surface area contributed by atoms with Gasteiger partial charge in [0.05, 0.1) is 0 Å². The smallest absolute Gasteiger partial charge is 0.341 e. The number of nitrogens with one attached hydrogen (secondary N) is 1. The van der Waals surface area contributed by atoms with Gasteiger partial charge in [-0.15, -0.1) is 0 Å². The predicted octanol–water partition coefficient (Wildman–Crippen LogP) is 3.41. The Morgan fingerprint density at radius 3 is 1.95 bits per heavy atom. The van der Waals surface area contributed by atoms with Gasteiger partial charge in [0.2, 0.25) is 0 Å². The molecule has 0 fully saturated rings. The molecule has 0 aliphatic carbocycles. The Morgan fingerprint density at radius 1 is 0.864 bits per heavy atom. The Morgan fingerprint density at radius 2 is 1.41 bits per heavy atom. The van der Waals surface area contributed by atoms with Gasteiger partial charge in [0.25, 0.3) is 5.56 Å². The standard InChI is InChI=1S/C18H13NO3/c20-17-16(18(21)22)14(12-7-3-1-4-8-12)11-15(19-17)13-9-5-2-6-10-13/h1-11H,(H,19,20)(H,21,22). The third-order valence-electron chi connectivity index (χ3n) is 3.42. The highest BCUT2D eigenvalue weighted by Crippen LogP contribution is 2.26. The van der Waals surface area contributed by atoms with Crippen molar-refractivity contribution in [3.63, 3.8) is 0 Å². The topological polar surface area (TPSA) is 70.2 Å². The second-order valence-corrected chi connectivity index (χ2v) is 4.84. The zero-order valence-corrected chi connectivity index (χ0v) is 11.6. The lowest BCUT2D eigenvalue weighted by Crippen LogP contribution is -2.19. The van der Waals surface area contributed by atoms with Crippen LogP contribution in [0.3, 0.4) is 0 Å². The largest absolute Gasteiger partial charge is 0.477 e. The number of rotatable bonds is 3. The van der Waals surface area contributed by atoms with Crippen LogP contribution in [0, 0.1) is 0 Å². The first kappa shape index (κ1) is 13.8. The van der Waals surface area contributed by atoms with Gasteiger partial charge >= 0.3 is 5.97 Å². The van der Waals surface area contributed by atoms with E-state index >= 15 is 0 Å². The zero-order chi connectivity index (χ0) is 15.5. The molecule has 3 rings (SSSR count). The molecule has 3 aromatic rings. The van der Waals surface area contributed by atoms with Gasteiger partial charge in [-0.2, -0.15) is 0 Å². The number of pyridine rings is 1. The lowest BCUT2D eigenvalue weighted by molar-refractivity contribution is 0.0696. The van der Waals surface area contributed by atoms with E-state index < -0.39 is 11.5 Å². The molecule has 0 bridgehead atoms. The maximum absolute atomic E-state index is 12.2. The number of hydrogen-bond donors (Lipinski definition) is 2. The quantitative estimate of drug-likeness (QED) is 0.777. The summed E-state index contributed by atoms with van der Waals surface area (Å²) in [6.45, 7) is 0. The van der Waals surface area contributed by atoms with Gasteiger partial charge in [-0.25, -0.2) is 4.79 Å². The Labute approximate surface area is 126 Å². The second kappa shape index (κ2) is 5.69. The van der Waals surface area contributed by atoms with Crippen molar-refractivity contribution >= 4 is 5.97 Å². The molecule has 0 amide bonds. The van der Waals surface area contributed by atoms with Crippen molar-refractivity contribution in [3.8, 4) is 22.4 Å². The van der Waals surface area contributed by atoms with Gasteiger partial charge in [0.15, 0.2) is 0 Å². The fourth-order valence-corrected chi connectivity index (χ4v) is 2.39. The van der Waals surface area contributed by atoms with E-state index in [4.69, 9.17) is 0 Å². The summed E-state index contributed by atoms with van der Waals surface area (Å²) in [6.07, 6.45) is 0. The molecule has 4 nitrogen and oxygen atoms in total. The molecule has 22 heavy (non-hydrogen) atoms. The van der Waals surface area contributed by atoms with Gasteiger partial charge in [0.1, 0.15) is 5.56 Å². The summed E-state index contributed by atoms with van der Waals surface area (Å²) >= 11 is 0. The molecule has 0 aliphatic rings. The Hall–Kier alpha value is -3.14. The number of aromatic nitrogens is 1. The van der Waals surface area contributed by atoms with E-state index in [1.54, 1.807) is 18.2 Å². The van der Waals surface area contributed by atoms with Crippen LogP contribution in [0.2, 0.25) is 0 Å². The van der Waals surface area contributed by atoms with Crippen LogP contribution in [0.1, 0.15) is 10.4 Å². The van der Waals surface area contributed by atoms with Gasteiger partial charge in [-0.1, -0.05) is 60.7 Å². The van der Waals surface area contributed by atoms with E-state index in [1.807, 2.05) is 48.5 Å². The summed E-state index contributed by atoms with van der Waals surface area (Å²) in [5.74, 6) is -1.24. The maximum atomic E-state index is 12.2. The minimum absolute atomic E-state index is 0.245. The number of carboxylic acids is 1. The fraction of sp³-hybridized carbons (Fsp3) is 0. The van der Waals surface area contributed by atoms with Crippen LogP contribution >= 0.6 is 0 Å². The molecular formula is C18H13NO3. The van der Waals surface area contributed by atoms with Crippen molar-refractivity contribution < 1.29 is 9.90 Å². The molecule has 2 aromatic carbocycles. The van der Waals surface area contributed by atoms with E-state index in [-0.39, 0.29) is 5.56 Å². The predicted molar refractivity (Wildman–Crippen MR) is 84.9 cm³/mol. The number of aromatic amines is 1. The van der Waals surface area contributed by atoms with Gasteiger partial charge in [0, 0.05) is 11.3 Å². The first-order chi connectivity index (χ1) is 10.7. The molecule has 1 aromatic heterocycles. The lowest BCUT2D eigenvalue weighted by atomic mass is 9.98. The Kier molecular flexibility index (Phi) is 3.58. The molecule has 108 valence electrons. The molecule has 2 N–H and O–H groups in total. The number of benzene rings is 2. The van der Waals surface area contributed by atoms with E-state index in [0.717, 1.165) is 5.56 Å². The third kappa shape index (κ3) is 2.54.